The van der Waals surface area contributed by atoms with E-state index >= 15 is 0 Å². The van der Waals surface area contributed by atoms with Crippen LogP contribution in [0.3, 0.4) is 0 Å². The summed E-state index contributed by atoms with van der Waals surface area (Å²) in [6, 6.07) is 0. The van der Waals surface area contributed by atoms with Crippen molar-refractivity contribution >= 4 is 22.4 Å². The minimum Gasteiger partial charge on any atom is -0.359 e. The van der Waals surface area contributed by atoms with E-state index in [4.69, 9.17) is 9.79 Å². The van der Waals surface area contributed by atoms with Crippen molar-refractivity contribution in [3.63, 3.8) is 0 Å². The molecule has 80 valence electrons. The molecule has 0 aliphatic heterocycles. The Morgan fingerprint density at radius 1 is 1.38 bits per heavy atom. The smallest absolute Gasteiger partial charge is 0.323 e. The summed E-state index contributed by atoms with van der Waals surface area (Å²) in [6.45, 7) is 1.82. The number of hydrogen-bond donors (Lipinski definition) is 3. The van der Waals surface area contributed by atoms with Crippen LogP contribution < -0.4 is 5.32 Å². The first-order valence-corrected chi connectivity index (χ1v) is 5.81. The molecular weight excluding hydrogens is 220 g/mol. The monoisotopic (exact) mass is 233 g/mol. The van der Waals surface area contributed by atoms with Crippen LogP contribution in [0.5, 0.6) is 0 Å². The van der Waals surface area contributed by atoms with Gasteiger partial charge in [0.2, 0.25) is 5.91 Å². The zero-order valence-electron chi connectivity index (χ0n) is 7.23. The van der Waals surface area contributed by atoms with Gasteiger partial charge in [-0.1, -0.05) is 6.92 Å². The van der Waals surface area contributed by atoms with E-state index in [0.29, 0.717) is 6.42 Å². The van der Waals surface area contributed by atoms with Crippen LogP contribution in [-0.4, -0.2) is 22.7 Å². The number of carbonyl (C=O) groups excluding carboxylic acids is 1. The summed E-state index contributed by atoms with van der Waals surface area (Å²) >= 11 is 0. The Kier molecular flexibility index (Phi) is 11.6. The quantitative estimate of drug-likeness (QED) is 0.587. The zero-order chi connectivity index (χ0) is 10.9. The molecule has 0 aliphatic rings. The van der Waals surface area contributed by atoms with Gasteiger partial charge in [0.15, 0.2) is 0 Å². The molecule has 7 nitrogen and oxygen atoms in total. The Balaban J connectivity index is 0. The van der Waals surface area contributed by atoms with Gasteiger partial charge in [0.25, 0.3) is 0 Å². The van der Waals surface area contributed by atoms with Crippen molar-refractivity contribution in [2.75, 3.05) is 7.05 Å². The van der Waals surface area contributed by atoms with Gasteiger partial charge in [-0.25, -0.2) is 4.31 Å². The second-order valence-corrected chi connectivity index (χ2v) is 3.54. The van der Waals surface area contributed by atoms with Crippen LogP contribution in [0.1, 0.15) is 13.3 Å². The minimum atomic E-state index is -3.20. The highest BCUT2D eigenvalue weighted by atomic mass is 31.2. The molecule has 9 heteroatoms. The predicted molar refractivity (Wildman–Crippen MR) is 47.9 cm³/mol. The van der Waals surface area contributed by atoms with E-state index in [0.717, 1.165) is 0 Å². The zero-order valence-corrected chi connectivity index (χ0v) is 9.23. The van der Waals surface area contributed by atoms with Gasteiger partial charge < -0.3 is 15.1 Å². The lowest BCUT2D eigenvalue weighted by molar-refractivity contribution is -0.120. The second-order valence-electron chi connectivity index (χ2n) is 1.66. The van der Waals surface area contributed by atoms with Crippen LogP contribution in [-0.2, 0) is 18.2 Å². The SMILES string of the molecule is CCC(=O)NC.O=[PH](O)O[PH](=O)O. The summed E-state index contributed by atoms with van der Waals surface area (Å²) in [4.78, 5) is 25.5. The lowest BCUT2D eigenvalue weighted by Crippen LogP contribution is -2.15. The number of amides is 1. The van der Waals surface area contributed by atoms with Crippen molar-refractivity contribution < 1.29 is 28.0 Å². The molecule has 0 saturated heterocycles. The predicted octanol–water partition coefficient (Wildman–Crippen LogP) is -0.0906. The molecular formula is C4H13NO6P2. The van der Waals surface area contributed by atoms with Crippen molar-refractivity contribution in [2.24, 2.45) is 0 Å². The maximum atomic E-state index is 10.1. The molecule has 3 N–H and O–H groups in total. The molecule has 0 aromatic rings. The maximum absolute atomic E-state index is 10.1. The third-order valence-corrected chi connectivity index (χ3v) is 2.17. The van der Waals surface area contributed by atoms with E-state index in [1.54, 1.807) is 7.05 Å². The van der Waals surface area contributed by atoms with Gasteiger partial charge >= 0.3 is 16.5 Å². The molecule has 2 unspecified atom stereocenters. The van der Waals surface area contributed by atoms with Crippen LogP contribution in [0.15, 0.2) is 0 Å². The molecule has 0 heterocycles. The first-order valence-electron chi connectivity index (χ1n) is 3.28. The minimum absolute atomic E-state index is 0.0926. The average molecular weight is 233 g/mol. The fourth-order valence-corrected chi connectivity index (χ4v) is 0.849. The molecule has 1 amide bonds. The topological polar surface area (TPSA) is 113 Å². The summed E-state index contributed by atoms with van der Waals surface area (Å²) in [6.07, 6.45) is 0.580. The van der Waals surface area contributed by atoms with Crippen LogP contribution >= 0.6 is 16.5 Å². The first-order chi connectivity index (χ1) is 5.93. The number of carbonyl (C=O) groups is 1. The Morgan fingerprint density at radius 3 is 1.77 bits per heavy atom. The molecule has 0 aromatic heterocycles. The molecule has 0 bridgehead atoms. The third-order valence-electron chi connectivity index (χ3n) is 0.775. The summed E-state index contributed by atoms with van der Waals surface area (Å²) in [5.41, 5.74) is 0. The Hall–Kier alpha value is -0.190. The molecule has 0 spiro atoms. The van der Waals surface area contributed by atoms with Gasteiger partial charge in [-0.2, -0.15) is 0 Å². The van der Waals surface area contributed by atoms with Crippen molar-refractivity contribution in [3.05, 3.63) is 0 Å². The van der Waals surface area contributed by atoms with Gasteiger partial charge in [0.1, 0.15) is 0 Å². The highest BCUT2D eigenvalue weighted by molar-refractivity contribution is 7.46. The molecule has 2 atom stereocenters. The van der Waals surface area contributed by atoms with Crippen LogP contribution in [0, 0.1) is 0 Å². The summed E-state index contributed by atoms with van der Waals surface area (Å²) in [5.74, 6) is 0.0926. The molecule has 0 saturated carbocycles. The summed E-state index contributed by atoms with van der Waals surface area (Å²) < 4.78 is 22.3. The lowest BCUT2D eigenvalue weighted by atomic mass is 10.5. The Bertz CT molecular complexity index is 177. The molecule has 0 radical (unpaired) electrons. The van der Waals surface area contributed by atoms with E-state index in [1.807, 2.05) is 6.92 Å². The van der Waals surface area contributed by atoms with Crippen LogP contribution in [0.25, 0.3) is 0 Å². The molecule has 0 aliphatic carbocycles. The van der Waals surface area contributed by atoms with E-state index in [1.165, 1.54) is 0 Å². The number of rotatable bonds is 3. The maximum Gasteiger partial charge on any atom is 0.323 e. The van der Waals surface area contributed by atoms with Crippen molar-refractivity contribution in [3.8, 4) is 0 Å². The highest BCUT2D eigenvalue weighted by Gasteiger charge is 1.93. The Labute approximate surface area is 77.0 Å². The van der Waals surface area contributed by atoms with Crippen molar-refractivity contribution in [2.45, 2.75) is 13.3 Å². The van der Waals surface area contributed by atoms with Crippen LogP contribution in [0.4, 0.5) is 0 Å². The molecule has 13 heavy (non-hydrogen) atoms. The average Bonchev–Trinajstić information content (AvgIpc) is 2.01. The normalized spacial score (nSPS) is 13.5. The third kappa shape index (κ3) is 18.6. The van der Waals surface area contributed by atoms with Gasteiger partial charge in [-0.05, 0) is 0 Å². The van der Waals surface area contributed by atoms with Gasteiger partial charge in [-0.3, -0.25) is 13.9 Å². The second kappa shape index (κ2) is 9.89. The van der Waals surface area contributed by atoms with Crippen molar-refractivity contribution in [1.29, 1.82) is 0 Å². The number of hydrogen-bond acceptors (Lipinski definition) is 4. The fourth-order valence-electron chi connectivity index (χ4n) is 0.251. The fraction of sp³-hybridized carbons (Fsp3) is 0.750. The lowest BCUT2D eigenvalue weighted by Gasteiger charge is -1.87. The van der Waals surface area contributed by atoms with Gasteiger partial charge in [-0.15, -0.1) is 0 Å². The van der Waals surface area contributed by atoms with Gasteiger partial charge in [0.05, 0.1) is 0 Å². The molecule has 0 rings (SSSR count). The molecule has 0 fully saturated rings. The molecule has 0 aromatic carbocycles. The largest absolute Gasteiger partial charge is 0.359 e. The van der Waals surface area contributed by atoms with E-state index in [9.17, 15) is 13.9 Å². The standard InChI is InChI=1S/C4H9NO.H4O5P2/c1-3-4(6)5-2;1-6(2)5-7(3)4/h3H2,1-2H3,(H,5,6);6-7H,(H,1,2)(H,3,4). The Morgan fingerprint density at radius 2 is 1.77 bits per heavy atom. The van der Waals surface area contributed by atoms with E-state index in [-0.39, 0.29) is 5.91 Å². The summed E-state index contributed by atoms with van der Waals surface area (Å²) in [7, 11) is -4.77. The summed E-state index contributed by atoms with van der Waals surface area (Å²) in [5, 5.41) is 2.48. The highest BCUT2D eigenvalue weighted by Crippen LogP contribution is 2.30. The van der Waals surface area contributed by atoms with E-state index in [2.05, 4.69) is 9.63 Å². The van der Waals surface area contributed by atoms with Gasteiger partial charge in [0, 0.05) is 13.5 Å². The van der Waals surface area contributed by atoms with Crippen LogP contribution in [0.2, 0.25) is 0 Å². The van der Waals surface area contributed by atoms with Crippen molar-refractivity contribution in [1.82, 2.24) is 5.32 Å². The first kappa shape index (κ1) is 15.3. The number of nitrogens with one attached hydrogen (secondary N) is 1. The van der Waals surface area contributed by atoms with E-state index < -0.39 is 16.5 Å².